The first-order valence-corrected chi connectivity index (χ1v) is 8.14. The van der Waals surface area contributed by atoms with E-state index >= 15 is 0 Å². The molecule has 1 aliphatic rings. The van der Waals surface area contributed by atoms with Gasteiger partial charge in [-0.2, -0.15) is 9.61 Å². The number of halogens is 1. The van der Waals surface area contributed by atoms with Crippen molar-refractivity contribution in [2.45, 2.75) is 6.04 Å². The quantitative estimate of drug-likeness (QED) is 0.794. The normalized spacial score (nSPS) is 17.6. The van der Waals surface area contributed by atoms with Gasteiger partial charge in [0, 0.05) is 13.1 Å². The average Bonchev–Trinajstić information content (AvgIpc) is 3.15. The van der Waals surface area contributed by atoms with Crippen LogP contribution in [0.1, 0.15) is 16.5 Å². The lowest BCUT2D eigenvalue weighted by Crippen LogP contribution is -2.39. The predicted octanol–water partition coefficient (Wildman–Crippen LogP) is 2.06. The summed E-state index contributed by atoms with van der Waals surface area (Å²) >= 11 is 1.39. The summed E-state index contributed by atoms with van der Waals surface area (Å²) in [5.41, 5.74) is 0.924. The van der Waals surface area contributed by atoms with Crippen LogP contribution in [0.2, 0.25) is 0 Å². The summed E-state index contributed by atoms with van der Waals surface area (Å²) in [6, 6.07) is 6.22. The van der Waals surface area contributed by atoms with Crippen molar-refractivity contribution in [2.75, 3.05) is 26.3 Å². The number of hydrogen-bond acceptors (Lipinski definition) is 6. The van der Waals surface area contributed by atoms with Crippen molar-refractivity contribution in [3.8, 4) is 5.88 Å². The van der Waals surface area contributed by atoms with E-state index in [0.29, 0.717) is 18.2 Å². The lowest BCUT2D eigenvalue weighted by molar-refractivity contribution is 0.0241. The van der Waals surface area contributed by atoms with Crippen molar-refractivity contribution in [1.82, 2.24) is 19.5 Å². The van der Waals surface area contributed by atoms with Crippen LogP contribution in [0, 0.1) is 5.82 Å². The van der Waals surface area contributed by atoms with Crippen LogP contribution in [-0.4, -0.2) is 50.9 Å². The fraction of sp³-hybridized carbons (Fsp3) is 0.333. The molecule has 0 spiro atoms. The molecule has 0 amide bonds. The number of ether oxygens (including phenoxy) is 1. The van der Waals surface area contributed by atoms with Gasteiger partial charge < -0.3 is 9.84 Å². The van der Waals surface area contributed by atoms with Gasteiger partial charge in [0.05, 0.1) is 24.1 Å². The summed E-state index contributed by atoms with van der Waals surface area (Å²) in [6.07, 6.45) is 1.41. The maximum Gasteiger partial charge on any atom is 0.230 e. The maximum absolute atomic E-state index is 13.3. The maximum atomic E-state index is 13.3. The van der Waals surface area contributed by atoms with E-state index in [1.165, 1.54) is 34.3 Å². The van der Waals surface area contributed by atoms with Crippen molar-refractivity contribution in [3.05, 3.63) is 46.9 Å². The number of fused-ring (bicyclic) bond motifs is 1. The number of aromatic hydroxyl groups is 1. The number of hydrogen-bond donors (Lipinski definition) is 1. The Hall–Kier alpha value is -2.03. The van der Waals surface area contributed by atoms with Crippen LogP contribution in [0.15, 0.2) is 30.6 Å². The second-order valence-corrected chi connectivity index (χ2v) is 6.36. The molecule has 8 heteroatoms. The SMILES string of the molecule is Oc1c(C(c2ccc(F)cc2)N2CCOCC2)sc2ncnn12. The Labute approximate surface area is 135 Å². The van der Waals surface area contributed by atoms with Crippen LogP contribution in [0.4, 0.5) is 4.39 Å². The Kier molecular flexibility index (Phi) is 3.72. The molecule has 1 aliphatic heterocycles. The molecule has 1 saturated heterocycles. The van der Waals surface area contributed by atoms with Gasteiger partial charge in [-0.15, -0.1) is 0 Å². The standard InChI is InChI=1S/C15H15FN4O2S/c16-11-3-1-10(2-4-11)12(19-5-7-22-8-6-19)13-14(21)20-15(23-13)17-9-18-20/h1-4,9,12,21H,5-8H2. The zero-order chi connectivity index (χ0) is 15.8. The first-order valence-electron chi connectivity index (χ1n) is 7.32. The van der Waals surface area contributed by atoms with Crippen LogP contribution in [0.25, 0.3) is 4.96 Å². The van der Waals surface area contributed by atoms with E-state index in [4.69, 9.17) is 4.74 Å². The van der Waals surface area contributed by atoms with Gasteiger partial charge in [-0.25, -0.2) is 9.37 Å². The van der Waals surface area contributed by atoms with Crippen LogP contribution in [0.3, 0.4) is 0 Å². The van der Waals surface area contributed by atoms with Gasteiger partial charge in [-0.3, -0.25) is 4.90 Å². The van der Waals surface area contributed by atoms with Crippen molar-refractivity contribution in [3.63, 3.8) is 0 Å². The molecular formula is C15H15FN4O2S. The third-order valence-corrected chi connectivity index (χ3v) is 5.07. The van der Waals surface area contributed by atoms with E-state index in [1.807, 2.05) is 0 Å². The summed E-state index contributed by atoms with van der Waals surface area (Å²) in [7, 11) is 0. The summed E-state index contributed by atoms with van der Waals surface area (Å²) < 4.78 is 20.1. The fourth-order valence-corrected chi connectivity index (χ4v) is 3.97. The van der Waals surface area contributed by atoms with Crippen LogP contribution < -0.4 is 0 Å². The smallest absolute Gasteiger partial charge is 0.230 e. The highest BCUT2D eigenvalue weighted by molar-refractivity contribution is 7.17. The summed E-state index contributed by atoms with van der Waals surface area (Å²) in [5.74, 6) is -0.190. The number of aromatic nitrogens is 3. The highest BCUT2D eigenvalue weighted by Gasteiger charge is 2.30. The second kappa shape index (κ2) is 5.88. The Bertz CT molecular complexity index is 811. The lowest BCUT2D eigenvalue weighted by Gasteiger charge is -2.34. The molecule has 0 aliphatic carbocycles. The highest BCUT2D eigenvalue weighted by atomic mass is 32.1. The van der Waals surface area contributed by atoms with Gasteiger partial charge >= 0.3 is 0 Å². The van der Waals surface area contributed by atoms with Gasteiger partial charge in [0.25, 0.3) is 0 Å². The molecule has 0 saturated carbocycles. The zero-order valence-electron chi connectivity index (χ0n) is 12.2. The molecule has 3 aromatic rings. The number of nitrogens with zero attached hydrogens (tertiary/aromatic N) is 4. The van der Waals surface area contributed by atoms with Gasteiger partial charge in [0.15, 0.2) is 0 Å². The number of benzene rings is 1. The Morgan fingerprint density at radius 1 is 1.22 bits per heavy atom. The topological polar surface area (TPSA) is 62.9 Å². The van der Waals surface area contributed by atoms with E-state index in [1.54, 1.807) is 12.1 Å². The molecule has 2 aromatic heterocycles. The molecule has 6 nitrogen and oxygen atoms in total. The van der Waals surface area contributed by atoms with Crippen molar-refractivity contribution >= 4 is 16.3 Å². The van der Waals surface area contributed by atoms with Gasteiger partial charge in [0.1, 0.15) is 12.1 Å². The number of rotatable bonds is 3. The molecule has 0 radical (unpaired) electrons. The van der Waals surface area contributed by atoms with Gasteiger partial charge in [-0.1, -0.05) is 23.5 Å². The van der Waals surface area contributed by atoms with Crippen molar-refractivity contribution in [2.24, 2.45) is 0 Å². The molecule has 3 heterocycles. The van der Waals surface area contributed by atoms with Gasteiger partial charge in [-0.05, 0) is 17.7 Å². The summed E-state index contributed by atoms with van der Waals surface area (Å²) in [4.78, 5) is 7.76. The molecule has 1 atom stereocenters. The van der Waals surface area contributed by atoms with Crippen molar-refractivity contribution in [1.29, 1.82) is 0 Å². The first-order chi connectivity index (χ1) is 11.2. The largest absolute Gasteiger partial charge is 0.492 e. The van der Waals surface area contributed by atoms with Crippen LogP contribution in [0.5, 0.6) is 5.88 Å². The second-order valence-electron chi connectivity index (χ2n) is 5.35. The molecule has 120 valence electrons. The first kappa shape index (κ1) is 14.6. The Morgan fingerprint density at radius 3 is 2.65 bits per heavy atom. The molecule has 23 heavy (non-hydrogen) atoms. The highest BCUT2D eigenvalue weighted by Crippen LogP contribution is 2.39. The molecule has 1 N–H and O–H groups in total. The Morgan fingerprint density at radius 2 is 1.96 bits per heavy atom. The fourth-order valence-electron chi connectivity index (χ4n) is 2.88. The van der Waals surface area contributed by atoms with E-state index < -0.39 is 0 Å². The minimum Gasteiger partial charge on any atom is -0.492 e. The van der Waals surface area contributed by atoms with Crippen LogP contribution >= 0.6 is 11.3 Å². The molecule has 0 bridgehead atoms. The minimum absolute atomic E-state index is 0.0864. The number of morpholine rings is 1. The Balaban J connectivity index is 1.81. The summed E-state index contributed by atoms with van der Waals surface area (Å²) in [5, 5.41) is 14.6. The molecular weight excluding hydrogens is 319 g/mol. The lowest BCUT2D eigenvalue weighted by atomic mass is 10.0. The van der Waals surface area contributed by atoms with Gasteiger partial charge in [0.2, 0.25) is 10.8 Å². The molecule has 4 rings (SSSR count). The van der Waals surface area contributed by atoms with E-state index in [-0.39, 0.29) is 17.7 Å². The monoisotopic (exact) mass is 334 g/mol. The third kappa shape index (κ3) is 2.58. The van der Waals surface area contributed by atoms with Crippen LogP contribution in [-0.2, 0) is 4.74 Å². The van der Waals surface area contributed by atoms with E-state index in [9.17, 15) is 9.50 Å². The molecule has 1 aromatic carbocycles. The average molecular weight is 334 g/mol. The third-order valence-electron chi connectivity index (χ3n) is 3.98. The predicted molar refractivity (Wildman–Crippen MR) is 83.2 cm³/mol. The number of thiazole rings is 1. The minimum atomic E-state index is -0.277. The van der Waals surface area contributed by atoms with Crippen molar-refractivity contribution < 1.29 is 14.2 Å². The zero-order valence-corrected chi connectivity index (χ0v) is 13.0. The molecule has 1 unspecified atom stereocenters. The van der Waals surface area contributed by atoms with E-state index in [0.717, 1.165) is 23.5 Å². The van der Waals surface area contributed by atoms with E-state index in [2.05, 4.69) is 15.0 Å². The summed E-state index contributed by atoms with van der Waals surface area (Å²) in [6.45, 7) is 2.77. The molecule has 1 fully saturated rings.